The molecule has 0 heterocycles. The van der Waals surface area contributed by atoms with Gasteiger partial charge in [0, 0.05) is 5.56 Å². The Morgan fingerprint density at radius 2 is 1.54 bits per heavy atom. The maximum atomic E-state index is 13.4. The summed E-state index contributed by atoms with van der Waals surface area (Å²) in [4.78, 5) is 25.4. The lowest BCUT2D eigenvalue weighted by molar-refractivity contribution is -0.138. The van der Waals surface area contributed by atoms with E-state index in [2.05, 4.69) is 19.6 Å². The van der Waals surface area contributed by atoms with Crippen LogP contribution in [-0.2, 0) is 4.79 Å². The summed E-state index contributed by atoms with van der Waals surface area (Å²) in [6.07, 6.45) is 0. The summed E-state index contributed by atoms with van der Waals surface area (Å²) in [5, 5.41) is 9.89. The van der Waals surface area contributed by atoms with Crippen LogP contribution < -0.4 is 4.43 Å². The molecule has 1 rings (SSSR count). The molecule has 5 nitrogen and oxygen atoms in total. The molecule has 1 aromatic rings. The van der Waals surface area contributed by atoms with Crippen molar-refractivity contribution >= 4 is 36.5 Å². The highest BCUT2D eigenvalue weighted by molar-refractivity contribution is 6.84. The molecule has 8 heteroatoms. The zero-order chi connectivity index (χ0) is 20.5. The zero-order valence-electron chi connectivity index (χ0n) is 17.5. The van der Waals surface area contributed by atoms with E-state index in [1.165, 1.54) is 0 Å². The van der Waals surface area contributed by atoms with Gasteiger partial charge in [-0.3, -0.25) is 9.59 Å². The summed E-state index contributed by atoms with van der Waals surface area (Å²) in [5.41, 5.74) is -0.254. The third-order valence-electron chi connectivity index (χ3n) is 3.76. The van der Waals surface area contributed by atoms with Crippen LogP contribution in [0.25, 0.3) is 0 Å². The van der Waals surface area contributed by atoms with E-state index in [1.807, 2.05) is 45.3 Å². The molecule has 0 aliphatic rings. The van der Waals surface area contributed by atoms with Gasteiger partial charge in [-0.1, -0.05) is 45.3 Å². The molecule has 0 aliphatic heterocycles. The molecule has 1 aromatic carbocycles. The van der Waals surface area contributed by atoms with Crippen molar-refractivity contribution < 1.29 is 19.1 Å². The van der Waals surface area contributed by atoms with Gasteiger partial charge in [-0.25, -0.2) is 0 Å². The lowest BCUT2D eigenvalue weighted by Gasteiger charge is -2.43. The minimum Gasteiger partial charge on any atom is -0.544 e. The molecule has 1 N–H and O–H groups in total. The number of rotatable bonds is 7. The molecule has 0 bridgehead atoms. The lowest BCUT2D eigenvalue weighted by atomic mass is 10.2. The van der Waals surface area contributed by atoms with Crippen LogP contribution >= 0.6 is 0 Å². The summed E-state index contributed by atoms with van der Waals surface area (Å²) in [7, 11) is -6.17. The molecule has 1 amide bonds. The summed E-state index contributed by atoms with van der Waals surface area (Å²) < 4.78 is 7.68. The molecule has 0 aliphatic carbocycles. The van der Waals surface area contributed by atoms with Gasteiger partial charge in [0.1, 0.15) is 11.4 Å². The third kappa shape index (κ3) is 6.10. The highest BCUT2D eigenvalue weighted by Crippen LogP contribution is 2.26. The highest BCUT2D eigenvalue weighted by Gasteiger charge is 2.45. The summed E-state index contributed by atoms with van der Waals surface area (Å²) in [6.45, 7) is 18.3. The Labute approximate surface area is 160 Å². The Hall–Kier alpha value is -1.39. The molecule has 0 saturated carbocycles. The number of carbonyl (C=O) groups is 2. The standard InChI is InChI=1S/C18H33NO4Si3/c1-24(2,3)17(18(21)22)19(25(4,5)6)16(20)14-11-10-12-15(13-14)23-26(7,8)9/h10-13,17H,1-9H3,(H,21,22). The molecule has 0 radical (unpaired) electrons. The number of carboxylic acid groups (broad SMARTS) is 1. The molecule has 1 atom stereocenters. The summed E-state index contributed by atoms with van der Waals surface area (Å²) >= 11 is 0. The van der Waals surface area contributed by atoms with Crippen LogP contribution in [-0.4, -0.2) is 51.8 Å². The number of hydrogen-bond donors (Lipinski definition) is 1. The Balaban J connectivity index is 3.39. The van der Waals surface area contributed by atoms with Gasteiger partial charge in [-0.2, -0.15) is 0 Å². The summed E-state index contributed by atoms with van der Waals surface area (Å²) in [6, 6.07) is 7.14. The van der Waals surface area contributed by atoms with Gasteiger partial charge in [-0.15, -0.1) is 0 Å². The van der Waals surface area contributed by atoms with E-state index in [0.29, 0.717) is 11.3 Å². The van der Waals surface area contributed by atoms with Crippen LogP contribution in [0.2, 0.25) is 58.9 Å². The maximum Gasteiger partial charge on any atom is 0.322 e. The van der Waals surface area contributed by atoms with E-state index in [-0.39, 0.29) is 5.91 Å². The van der Waals surface area contributed by atoms with Crippen molar-refractivity contribution in [3.8, 4) is 5.75 Å². The average Bonchev–Trinajstić information content (AvgIpc) is 2.39. The van der Waals surface area contributed by atoms with Crippen LogP contribution in [0.4, 0.5) is 0 Å². The van der Waals surface area contributed by atoms with E-state index >= 15 is 0 Å². The number of amides is 1. The van der Waals surface area contributed by atoms with E-state index in [1.54, 1.807) is 22.8 Å². The fourth-order valence-electron chi connectivity index (χ4n) is 2.86. The van der Waals surface area contributed by atoms with Gasteiger partial charge in [0.15, 0.2) is 8.24 Å². The largest absolute Gasteiger partial charge is 0.544 e. The van der Waals surface area contributed by atoms with Crippen molar-refractivity contribution in [3.05, 3.63) is 29.8 Å². The smallest absolute Gasteiger partial charge is 0.322 e. The molecule has 0 fully saturated rings. The Bertz CT molecular complexity index is 672. The van der Waals surface area contributed by atoms with Gasteiger partial charge in [0.2, 0.25) is 14.2 Å². The van der Waals surface area contributed by atoms with Gasteiger partial charge in [0.25, 0.3) is 0 Å². The second-order valence-electron chi connectivity index (χ2n) is 9.70. The number of carbonyl (C=O) groups excluding carboxylic acids is 1. The molecule has 1 unspecified atom stereocenters. The van der Waals surface area contributed by atoms with Gasteiger partial charge >= 0.3 is 5.97 Å². The number of carboxylic acids is 1. The fraction of sp³-hybridized carbons (Fsp3) is 0.556. The Kier molecular flexibility index (Phi) is 6.70. The Morgan fingerprint density at radius 1 is 1.00 bits per heavy atom. The van der Waals surface area contributed by atoms with Crippen molar-refractivity contribution in [1.29, 1.82) is 0 Å². The van der Waals surface area contributed by atoms with Crippen molar-refractivity contribution in [1.82, 2.24) is 4.57 Å². The topological polar surface area (TPSA) is 66.8 Å². The van der Waals surface area contributed by atoms with Crippen molar-refractivity contribution in [2.24, 2.45) is 0 Å². The fourth-order valence-corrected chi connectivity index (χ4v) is 9.28. The molecule has 0 spiro atoms. The minimum absolute atomic E-state index is 0.208. The molecule has 0 saturated heterocycles. The van der Waals surface area contributed by atoms with Gasteiger partial charge in [0.05, 0.1) is 8.07 Å². The van der Waals surface area contributed by atoms with E-state index < -0.39 is 36.3 Å². The van der Waals surface area contributed by atoms with Gasteiger partial charge < -0.3 is 14.1 Å². The second-order valence-corrected chi connectivity index (χ2v) is 24.2. The molecule has 146 valence electrons. The van der Waals surface area contributed by atoms with Crippen LogP contribution in [0, 0.1) is 0 Å². The van der Waals surface area contributed by atoms with Crippen molar-refractivity contribution in [2.75, 3.05) is 0 Å². The van der Waals surface area contributed by atoms with Crippen molar-refractivity contribution in [2.45, 2.75) is 64.6 Å². The first-order valence-corrected chi connectivity index (χ1v) is 19.3. The van der Waals surface area contributed by atoms with Crippen molar-refractivity contribution in [3.63, 3.8) is 0 Å². The first-order valence-electron chi connectivity index (χ1n) is 8.89. The monoisotopic (exact) mass is 411 g/mol. The number of nitrogens with zero attached hydrogens (tertiary/aromatic N) is 1. The third-order valence-corrected chi connectivity index (χ3v) is 8.92. The number of benzene rings is 1. The lowest BCUT2D eigenvalue weighted by Crippen LogP contribution is -2.65. The zero-order valence-corrected chi connectivity index (χ0v) is 20.5. The predicted molar refractivity (Wildman–Crippen MR) is 115 cm³/mol. The van der Waals surface area contributed by atoms with Crippen LogP contribution in [0.15, 0.2) is 24.3 Å². The van der Waals surface area contributed by atoms with Crippen LogP contribution in [0.1, 0.15) is 10.4 Å². The van der Waals surface area contributed by atoms with Gasteiger partial charge in [-0.05, 0) is 37.8 Å². The maximum absolute atomic E-state index is 13.4. The minimum atomic E-state index is -2.23. The first-order chi connectivity index (χ1) is 11.5. The Morgan fingerprint density at radius 3 is 1.92 bits per heavy atom. The quantitative estimate of drug-likeness (QED) is 0.670. The predicted octanol–water partition coefficient (Wildman–Crippen LogP) is 4.51. The van der Waals surface area contributed by atoms with E-state index in [0.717, 1.165) is 0 Å². The number of hydrogen-bond acceptors (Lipinski definition) is 3. The van der Waals surface area contributed by atoms with Crippen LogP contribution in [0.3, 0.4) is 0 Å². The SMILES string of the molecule is C[Si](C)(C)Oc1cccc(C(=O)N(C(C(=O)O)[Si](C)(C)C)[Si](C)(C)C)c1. The average molecular weight is 412 g/mol. The summed E-state index contributed by atoms with van der Waals surface area (Å²) in [5.74, 6) is -0.445. The first kappa shape index (κ1) is 22.7. The highest BCUT2D eigenvalue weighted by atomic mass is 28.4. The van der Waals surface area contributed by atoms with E-state index in [4.69, 9.17) is 4.43 Å². The molecule has 0 aromatic heterocycles. The van der Waals surface area contributed by atoms with E-state index in [9.17, 15) is 14.7 Å². The number of aliphatic carboxylic acids is 1. The second kappa shape index (κ2) is 7.69. The molecule has 26 heavy (non-hydrogen) atoms. The molecular formula is C18H33NO4Si3. The van der Waals surface area contributed by atoms with Crippen LogP contribution in [0.5, 0.6) is 5.75 Å². The molecular weight excluding hydrogens is 378 g/mol. The normalized spacial score (nSPS) is 13.9.